The molecular formula is C15H24IN3O. The predicted molar refractivity (Wildman–Crippen MR) is 93.8 cm³/mol. The van der Waals surface area contributed by atoms with Crippen LogP contribution in [0.1, 0.15) is 19.4 Å². The summed E-state index contributed by atoms with van der Waals surface area (Å²) in [6.45, 7) is 8.22. The van der Waals surface area contributed by atoms with Crippen LogP contribution < -0.4 is 5.73 Å². The first-order valence-corrected chi connectivity index (χ1v) is 6.78. The normalized spacial score (nSPS) is 16.7. The van der Waals surface area contributed by atoms with E-state index in [4.69, 9.17) is 10.5 Å². The molecule has 0 aliphatic carbocycles. The van der Waals surface area contributed by atoms with E-state index in [1.54, 1.807) is 0 Å². The van der Waals surface area contributed by atoms with Crippen molar-refractivity contribution in [2.45, 2.75) is 19.3 Å². The predicted octanol–water partition coefficient (Wildman–Crippen LogP) is 2.23. The van der Waals surface area contributed by atoms with E-state index < -0.39 is 0 Å². The molecule has 1 saturated heterocycles. The van der Waals surface area contributed by atoms with Crippen molar-refractivity contribution in [1.29, 1.82) is 0 Å². The molecule has 5 heteroatoms. The Kier molecular flexibility index (Phi) is 6.75. The molecule has 1 aliphatic heterocycles. The van der Waals surface area contributed by atoms with Gasteiger partial charge < -0.3 is 15.4 Å². The Morgan fingerprint density at radius 1 is 1.25 bits per heavy atom. The number of morpholine rings is 1. The van der Waals surface area contributed by atoms with Crippen LogP contribution in [0.3, 0.4) is 0 Å². The van der Waals surface area contributed by atoms with E-state index in [1.165, 1.54) is 5.56 Å². The van der Waals surface area contributed by atoms with E-state index in [9.17, 15) is 0 Å². The van der Waals surface area contributed by atoms with Crippen molar-refractivity contribution in [3.05, 3.63) is 35.9 Å². The largest absolute Gasteiger partial charge is 0.378 e. The topological polar surface area (TPSA) is 50.8 Å². The van der Waals surface area contributed by atoms with Crippen LogP contribution in [0.4, 0.5) is 0 Å². The molecule has 0 bridgehead atoms. The molecule has 20 heavy (non-hydrogen) atoms. The third kappa shape index (κ3) is 4.63. The van der Waals surface area contributed by atoms with Crippen LogP contribution in [0.2, 0.25) is 0 Å². The summed E-state index contributed by atoms with van der Waals surface area (Å²) in [5.74, 6) is 0.632. The summed E-state index contributed by atoms with van der Waals surface area (Å²) in [5.41, 5.74) is 7.34. The number of ether oxygens (including phenoxy) is 1. The van der Waals surface area contributed by atoms with Crippen LogP contribution in [0.15, 0.2) is 35.3 Å². The van der Waals surface area contributed by atoms with Gasteiger partial charge in [-0.2, -0.15) is 0 Å². The average molecular weight is 389 g/mol. The number of halogens is 1. The molecule has 112 valence electrons. The Morgan fingerprint density at radius 3 is 2.45 bits per heavy atom. The molecule has 1 aromatic rings. The van der Waals surface area contributed by atoms with Gasteiger partial charge in [0, 0.05) is 18.5 Å². The van der Waals surface area contributed by atoms with E-state index in [0.717, 1.165) is 26.3 Å². The van der Waals surface area contributed by atoms with Gasteiger partial charge in [-0.15, -0.1) is 24.0 Å². The first kappa shape index (κ1) is 17.2. The van der Waals surface area contributed by atoms with Crippen molar-refractivity contribution in [1.82, 2.24) is 4.90 Å². The van der Waals surface area contributed by atoms with E-state index in [1.807, 2.05) is 6.07 Å². The molecule has 0 atom stereocenters. The standard InChI is InChI=1S/C15H23N3O.HI/c1-15(2,13-6-4-3-5-7-13)12-17-14(16)18-8-10-19-11-9-18;/h3-7H,8-12H2,1-2H3,(H2,16,17);1H. The molecule has 1 aliphatic rings. The average Bonchev–Trinajstić information content (AvgIpc) is 2.47. The minimum absolute atomic E-state index is 0. The highest BCUT2D eigenvalue weighted by atomic mass is 127. The maximum Gasteiger partial charge on any atom is 0.191 e. The number of guanidine groups is 1. The number of benzene rings is 1. The van der Waals surface area contributed by atoms with Crippen molar-refractivity contribution in [2.24, 2.45) is 10.7 Å². The van der Waals surface area contributed by atoms with E-state index in [-0.39, 0.29) is 29.4 Å². The summed E-state index contributed by atoms with van der Waals surface area (Å²) in [5, 5.41) is 0. The van der Waals surface area contributed by atoms with Gasteiger partial charge in [-0.1, -0.05) is 44.2 Å². The maximum atomic E-state index is 6.05. The van der Waals surface area contributed by atoms with Gasteiger partial charge >= 0.3 is 0 Å². The number of hydrogen-bond acceptors (Lipinski definition) is 2. The van der Waals surface area contributed by atoms with Gasteiger partial charge in [0.05, 0.1) is 19.8 Å². The number of rotatable bonds is 3. The molecule has 0 aromatic heterocycles. The zero-order valence-electron chi connectivity index (χ0n) is 12.2. The lowest BCUT2D eigenvalue weighted by atomic mass is 9.85. The molecule has 1 fully saturated rings. The van der Waals surface area contributed by atoms with E-state index in [0.29, 0.717) is 12.5 Å². The van der Waals surface area contributed by atoms with Crippen molar-refractivity contribution < 1.29 is 4.74 Å². The van der Waals surface area contributed by atoms with Crippen LogP contribution in [-0.2, 0) is 10.2 Å². The molecule has 0 saturated carbocycles. The smallest absolute Gasteiger partial charge is 0.191 e. The highest BCUT2D eigenvalue weighted by Gasteiger charge is 2.20. The first-order valence-electron chi connectivity index (χ1n) is 6.78. The third-order valence-electron chi connectivity index (χ3n) is 3.53. The van der Waals surface area contributed by atoms with Crippen molar-refractivity contribution in [3.8, 4) is 0 Å². The summed E-state index contributed by atoms with van der Waals surface area (Å²) < 4.78 is 5.31. The summed E-state index contributed by atoms with van der Waals surface area (Å²) in [7, 11) is 0. The molecule has 1 heterocycles. The number of hydrogen-bond donors (Lipinski definition) is 1. The lowest BCUT2D eigenvalue weighted by Crippen LogP contribution is -2.45. The van der Waals surface area contributed by atoms with Gasteiger partial charge in [-0.25, -0.2) is 0 Å². The minimum atomic E-state index is -0.00182. The number of aliphatic imine (C=N–C) groups is 1. The Labute approximate surface area is 138 Å². The van der Waals surface area contributed by atoms with Gasteiger partial charge in [-0.05, 0) is 5.56 Å². The van der Waals surface area contributed by atoms with Crippen molar-refractivity contribution in [2.75, 3.05) is 32.8 Å². The van der Waals surface area contributed by atoms with Crippen molar-refractivity contribution >= 4 is 29.9 Å². The number of nitrogens with zero attached hydrogens (tertiary/aromatic N) is 2. The lowest BCUT2D eigenvalue weighted by Gasteiger charge is -2.29. The highest BCUT2D eigenvalue weighted by Crippen LogP contribution is 2.23. The molecule has 0 amide bonds. The second kappa shape index (κ2) is 7.83. The maximum absolute atomic E-state index is 6.05. The lowest BCUT2D eigenvalue weighted by molar-refractivity contribution is 0.0674. The Morgan fingerprint density at radius 2 is 1.85 bits per heavy atom. The molecule has 4 nitrogen and oxygen atoms in total. The summed E-state index contributed by atoms with van der Waals surface area (Å²) >= 11 is 0. The fraction of sp³-hybridized carbons (Fsp3) is 0.533. The van der Waals surface area contributed by atoms with Gasteiger partial charge in [0.15, 0.2) is 5.96 Å². The van der Waals surface area contributed by atoms with Gasteiger partial charge in [0.2, 0.25) is 0 Å². The van der Waals surface area contributed by atoms with Crippen LogP contribution in [-0.4, -0.2) is 43.7 Å². The molecule has 0 unspecified atom stereocenters. The van der Waals surface area contributed by atoms with Crippen LogP contribution in [0, 0.1) is 0 Å². The molecular weight excluding hydrogens is 365 g/mol. The molecule has 2 N–H and O–H groups in total. The van der Waals surface area contributed by atoms with Gasteiger partial charge in [0.1, 0.15) is 0 Å². The fourth-order valence-electron chi connectivity index (χ4n) is 2.15. The number of nitrogens with two attached hydrogens (primary N) is 1. The zero-order chi connectivity index (χ0) is 13.7. The second-order valence-corrected chi connectivity index (χ2v) is 5.52. The second-order valence-electron chi connectivity index (χ2n) is 5.52. The molecule has 1 aromatic carbocycles. The van der Waals surface area contributed by atoms with Crippen LogP contribution >= 0.6 is 24.0 Å². The zero-order valence-corrected chi connectivity index (χ0v) is 14.5. The van der Waals surface area contributed by atoms with Crippen molar-refractivity contribution in [3.63, 3.8) is 0 Å². The molecule has 0 spiro atoms. The van der Waals surface area contributed by atoms with E-state index >= 15 is 0 Å². The van der Waals surface area contributed by atoms with Gasteiger partial charge in [-0.3, -0.25) is 4.99 Å². The summed E-state index contributed by atoms with van der Waals surface area (Å²) in [6.07, 6.45) is 0. The fourth-order valence-corrected chi connectivity index (χ4v) is 2.15. The van der Waals surface area contributed by atoms with Crippen LogP contribution in [0.25, 0.3) is 0 Å². The Bertz CT molecular complexity index is 428. The third-order valence-corrected chi connectivity index (χ3v) is 3.53. The Balaban J connectivity index is 0.00000200. The Hall–Kier alpha value is -0.820. The minimum Gasteiger partial charge on any atom is -0.378 e. The summed E-state index contributed by atoms with van der Waals surface area (Å²) in [4.78, 5) is 6.65. The first-order chi connectivity index (χ1) is 9.09. The molecule has 0 radical (unpaired) electrons. The SMILES string of the molecule is CC(C)(CN=C(N)N1CCOCC1)c1ccccc1.I. The van der Waals surface area contributed by atoms with E-state index in [2.05, 4.69) is 48.0 Å². The highest BCUT2D eigenvalue weighted by molar-refractivity contribution is 14.0. The van der Waals surface area contributed by atoms with Gasteiger partial charge in [0.25, 0.3) is 0 Å². The quantitative estimate of drug-likeness (QED) is 0.490. The summed E-state index contributed by atoms with van der Waals surface area (Å²) in [6, 6.07) is 10.4. The van der Waals surface area contributed by atoms with Crippen LogP contribution in [0.5, 0.6) is 0 Å². The monoisotopic (exact) mass is 389 g/mol. The molecule has 2 rings (SSSR count).